The van der Waals surface area contributed by atoms with Crippen LogP contribution in [-0.2, 0) is 0 Å². The number of nitrogens with zero attached hydrogens (tertiary/aromatic N) is 2. The van der Waals surface area contributed by atoms with E-state index in [-0.39, 0.29) is 0 Å². The maximum atomic E-state index is 6.14. The van der Waals surface area contributed by atoms with Gasteiger partial charge >= 0.3 is 0 Å². The summed E-state index contributed by atoms with van der Waals surface area (Å²) < 4.78 is 0. The van der Waals surface area contributed by atoms with Crippen LogP contribution >= 0.6 is 23.2 Å². The number of rotatable bonds is 3. The molecule has 0 unspecified atom stereocenters. The Kier molecular flexibility index (Phi) is 3.82. The lowest BCUT2D eigenvalue weighted by molar-refractivity contribution is 1.09. The van der Waals surface area contributed by atoms with Crippen molar-refractivity contribution < 1.29 is 0 Å². The minimum atomic E-state index is 0.510. The van der Waals surface area contributed by atoms with Crippen molar-refractivity contribution in [3.05, 3.63) is 40.5 Å². The van der Waals surface area contributed by atoms with E-state index in [9.17, 15) is 0 Å². The number of aromatic nitrogens is 2. The molecule has 1 aromatic heterocycles. The van der Waals surface area contributed by atoms with Crippen molar-refractivity contribution in [2.75, 3.05) is 11.9 Å². The van der Waals surface area contributed by atoms with E-state index in [0.717, 1.165) is 17.8 Å². The molecule has 0 amide bonds. The first-order valence-electron chi connectivity index (χ1n) is 5.23. The maximum Gasteiger partial charge on any atom is 0.223 e. The van der Waals surface area contributed by atoms with Crippen molar-refractivity contribution in [3.8, 4) is 11.3 Å². The Morgan fingerprint density at radius 1 is 1.24 bits per heavy atom. The molecule has 1 N–H and O–H groups in total. The summed E-state index contributed by atoms with van der Waals surface area (Å²) in [6.07, 6.45) is 1.69. The zero-order chi connectivity index (χ0) is 12.3. The lowest BCUT2D eigenvalue weighted by atomic mass is 10.1. The van der Waals surface area contributed by atoms with Crippen molar-refractivity contribution >= 4 is 29.2 Å². The molecule has 17 heavy (non-hydrogen) atoms. The molecule has 0 saturated carbocycles. The number of anilines is 1. The second-order valence-electron chi connectivity index (χ2n) is 3.40. The summed E-state index contributed by atoms with van der Waals surface area (Å²) >= 11 is 12.1. The average Bonchev–Trinajstić information content (AvgIpc) is 2.33. The third kappa shape index (κ3) is 2.68. The van der Waals surface area contributed by atoms with Crippen LogP contribution in [0.1, 0.15) is 6.92 Å². The van der Waals surface area contributed by atoms with Gasteiger partial charge in [-0.2, -0.15) is 0 Å². The fourth-order valence-electron chi connectivity index (χ4n) is 1.45. The molecular weight excluding hydrogens is 257 g/mol. The molecule has 0 bridgehead atoms. The summed E-state index contributed by atoms with van der Waals surface area (Å²) in [5, 5.41) is 4.08. The van der Waals surface area contributed by atoms with Crippen LogP contribution in [0.5, 0.6) is 0 Å². The zero-order valence-corrected chi connectivity index (χ0v) is 10.8. The lowest BCUT2D eigenvalue weighted by Gasteiger charge is -2.07. The monoisotopic (exact) mass is 267 g/mol. The van der Waals surface area contributed by atoms with Crippen molar-refractivity contribution in [3.63, 3.8) is 0 Å². The summed E-state index contributed by atoms with van der Waals surface area (Å²) in [5.41, 5.74) is 1.56. The highest BCUT2D eigenvalue weighted by atomic mass is 35.5. The predicted octanol–water partition coefficient (Wildman–Crippen LogP) is 3.88. The van der Waals surface area contributed by atoms with E-state index in [0.29, 0.717) is 16.0 Å². The Morgan fingerprint density at radius 2 is 2.06 bits per heavy atom. The van der Waals surface area contributed by atoms with Crippen molar-refractivity contribution in [1.29, 1.82) is 0 Å². The van der Waals surface area contributed by atoms with Crippen LogP contribution in [-0.4, -0.2) is 16.5 Å². The van der Waals surface area contributed by atoms with E-state index >= 15 is 0 Å². The molecule has 0 aliphatic heterocycles. The van der Waals surface area contributed by atoms with Crippen LogP contribution in [0.15, 0.2) is 30.5 Å². The Hall–Kier alpha value is -1.32. The van der Waals surface area contributed by atoms with Gasteiger partial charge in [-0.25, -0.2) is 9.97 Å². The fourth-order valence-corrected chi connectivity index (χ4v) is 1.85. The van der Waals surface area contributed by atoms with Crippen LogP contribution in [0.4, 0.5) is 5.95 Å². The largest absolute Gasteiger partial charge is 0.354 e. The third-order valence-electron chi connectivity index (χ3n) is 2.22. The summed E-state index contributed by atoms with van der Waals surface area (Å²) in [6.45, 7) is 2.76. The summed E-state index contributed by atoms with van der Waals surface area (Å²) in [4.78, 5) is 8.48. The van der Waals surface area contributed by atoms with Crippen molar-refractivity contribution in [1.82, 2.24) is 9.97 Å². The molecule has 2 aromatic rings. The number of nitrogens with one attached hydrogen (secondary N) is 1. The Morgan fingerprint density at radius 3 is 2.82 bits per heavy atom. The van der Waals surface area contributed by atoms with Crippen LogP contribution in [0.3, 0.4) is 0 Å². The van der Waals surface area contributed by atoms with Gasteiger partial charge in [0.25, 0.3) is 0 Å². The van der Waals surface area contributed by atoms with Gasteiger partial charge in [-0.3, -0.25) is 0 Å². The quantitative estimate of drug-likeness (QED) is 0.917. The van der Waals surface area contributed by atoms with Crippen LogP contribution in [0.25, 0.3) is 11.3 Å². The second kappa shape index (κ2) is 5.34. The lowest BCUT2D eigenvalue weighted by Crippen LogP contribution is -2.02. The molecule has 0 radical (unpaired) electrons. The number of hydrogen-bond acceptors (Lipinski definition) is 3. The third-order valence-corrected chi connectivity index (χ3v) is 3.04. The zero-order valence-electron chi connectivity index (χ0n) is 9.24. The Labute approximate surface area is 110 Å². The van der Waals surface area contributed by atoms with E-state index in [1.54, 1.807) is 18.3 Å². The standard InChI is InChI=1S/C12H11Cl2N3/c1-2-15-12-16-7-6-10(17-12)8-4-3-5-9(13)11(8)14/h3-7H,2H2,1H3,(H,15,16,17). The number of benzene rings is 1. The smallest absolute Gasteiger partial charge is 0.223 e. The minimum Gasteiger partial charge on any atom is -0.354 e. The molecule has 0 spiro atoms. The molecule has 0 fully saturated rings. The molecule has 1 aromatic carbocycles. The highest BCUT2D eigenvalue weighted by Crippen LogP contribution is 2.32. The van der Waals surface area contributed by atoms with E-state index in [2.05, 4.69) is 15.3 Å². The Balaban J connectivity index is 2.45. The van der Waals surface area contributed by atoms with Gasteiger partial charge in [0, 0.05) is 18.3 Å². The van der Waals surface area contributed by atoms with E-state index in [1.165, 1.54) is 0 Å². The molecule has 0 aliphatic carbocycles. The highest BCUT2D eigenvalue weighted by Gasteiger charge is 2.08. The first kappa shape index (κ1) is 12.1. The number of hydrogen-bond donors (Lipinski definition) is 1. The molecule has 0 aliphatic rings. The van der Waals surface area contributed by atoms with Crippen LogP contribution in [0, 0.1) is 0 Å². The van der Waals surface area contributed by atoms with Crippen LogP contribution in [0.2, 0.25) is 10.0 Å². The summed E-state index contributed by atoms with van der Waals surface area (Å²) in [5.74, 6) is 0.584. The number of halogens is 2. The first-order valence-corrected chi connectivity index (χ1v) is 5.99. The van der Waals surface area contributed by atoms with Gasteiger partial charge < -0.3 is 5.32 Å². The van der Waals surface area contributed by atoms with E-state index < -0.39 is 0 Å². The average molecular weight is 268 g/mol. The van der Waals surface area contributed by atoms with Crippen molar-refractivity contribution in [2.45, 2.75) is 6.92 Å². The van der Waals surface area contributed by atoms with Crippen LogP contribution < -0.4 is 5.32 Å². The molecule has 0 saturated heterocycles. The fraction of sp³-hybridized carbons (Fsp3) is 0.167. The van der Waals surface area contributed by atoms with Gasteiger partial charge in [0.15, 0.2) is 0 Å². The van der Waals surface area contributed by atoms with Gasteiger partial charge in [-0.05, 0) is 19.1 Å². The Bertz CT molecular complexity index is 529. The summed E-state index contributed by atoms with van der Waals surface area (Å²) in [6, 6.07) is 7.28. The molecule has 5 heteroatoms. The first-order chi connectivity index (χ1) is 8.22. The molecule has 0 atom stereocenters. The molecule has 2 rings (SSSR count). The highest BCUT2D eigenvalue weighted by molar-refractivity contribution is 6.43. The molecule has 3 nitrogen and oxygen atoms in total. The molecular formula is C12H11Cl2N3. The molecule has 88 valence electrons. The summed E-state index contributed by atoms with van der Waals surface area (Å²) in [7, 11) is 0. The van der Waals surface area contributed by atoms with E-state index in [1.807, 2.05) is 19.1 Å². The second-order valence-corrected chi connectivity index (χ2v) is 4.18. The SMILES string of the molecule is CCNc1nccc(-c2cccc(Cl)c2Cl)n1. The van der Waals surface area contributed by atoms with Crippen molar-refractivity contribution in [2.24, 2.45) is 0 Å². The van der Waals surface area contributed by atoms with Gasteiger partial charge in [-0.1, -0.05) is 35.3 Å². The van der Waals surface area contributed by atoms with Gasteiger partial charge in [0.1, 0.15) is 0 Å². The normalized spacial score (nSPS) is 10.3. The van der Waals surface area contributed by atoms with Gasteiger partial charge in [0.2, 0.25) is 5.95 Å². The topological polar surface area (TPSA) is 37.8 Å². The van der Waals surface area contributed by atoms with E-state index in [4.69, 9.17) is 23.2 Å². The van der Waals surface area contributed by atoms with Gasteiger partial charge in [-0.15, -0.1) is 0 Å². The maximum absolute atomic E-state index is 6.14. The van der Waals surface area contributed by atoms with Gasteiger partial charge in [0.05, 0.1) is 15.7 Å². The molecule has 1 heterocycles. The minimum absolute atomic E-state index is 0.510. The predicted molar refractivity (Wildman–Crippen MR) is 71.7 cm³/mol.